The minimum Gasteiger partial charge on any atom is -0.483 e. The van der Waals surface area contributed by atoms with Crippen molar-refractivity contribution >= 4 is 29.6 Å². The van der Waals surface area contributed by atoms with Gasteiger partial charge in [0.15, 0.2) is 17.7 Å². The number of rotatable bonds is 5. The Hall–Kier alpha value is -1.93. The summed E-state index contributed by atoms with van der Waals surface area (Å²) in [6, 6.07) is 8.91. The number of aliphatic hydroxyl groups is 1. The van der Waals surface area contributed by atoms with E-state index in [1.807, 2.05) is 30.9 Å². The lowest BCUT2D eigenvalue weighted by atomic mass is 9.97. The molecule has 34 heavy (non-hydrogen) atoms. The summed E-state index contributed by atoms with van der Waals surface area (Å²) in [5.41, 5.74) is 1.32. The van der Waals surface area contributed by atoms with E-state index in [2.05, 4.69) is 0 Å². The number of fused-ring (bicyclic) bond motifs is 1. The lowest BCUT2D eigenvalue weighted by molar-refractivity contribution is -0.137. The van der Waals surface area contributed by atoms with E-state index in [0.717, 1.165) is 17.2 Å². The minimum atomic E-state index is -4.38. The molecule has 0 bridgehead atoms. The lowest BCUT2D eigenvalue weighted by Crippen LogP contribution is -2.48. The normalized spacial score (nSPS) is 19.4. The molecular formula is C25H28Cl2F3NO3. The second-order valence-electron chi connectivity index (χ2n) is 9.23. The molecule has 0 amide bonds. The largest absolute Gasteiger partial charge is 0.483 e. The van der Waals surface area contributed by atoms with Crippen LogP contribution in [0.5, 0.6) is 11.5 Å². The molecule has 0 spiro atoms. The number of hydrogen-bond donors (Lipinski definition) is 1. The summed E-state index contributed by atoms with van der Waals surface area (Å²) < 4.78 is 51.5. The van der Waals surface area contributed by atoms with Gasteiger partial charge in [-0.1, -0.05) is 29.8 Å². The van der Waals surface area contributed by atoms with E-state index in [0.29, 0.717) is 48.0 Å². The molecule has 2 heterocycles. The molecule has 0 aromatic heterocycles. The fourth-order valence-electron chi connectivity index (χ4n) is 4.41. The number of benzene rings is 2. The van der Waals surface area contributed by atoms with Gasteiger partial charge in [0.05, 0.1) is 5.56 Å². The van der Waals surface area contributed by atoms with Crippen molar-refractivity contribution < 1.29 is 27.8 Å². The van der Waals surface area contributed by atoms with Crippen molar-refractivity contribution in [1.29, 1.82) is 0 Å². The van der Waals surface area contributed by atoms with Gasteiger partial charge in [0, 0.05) is 36.2 Å². The maximum Gasteiger partial charge on any atom is 0.416 e. The van der Waals surface area contributed by atoms with Gasteiger partial charge in [-0.15, -0.1) is 12.4 Å². The monoisotopic (exact) mass is 517 g/mol. The van der Waals surface area contributed by atoms with Gasteiger partial charge in [0.25, 0.3) is 0 Å². The van der Waals surface area contributed by atoms with Gasteiger partial charge in [-0.2, -0.15) is 13.2 Å². The molecule has 186 valence electrons. The highest BCUT2D eigenvalue weighted by Crippen LogP contribution is 2.44. The molecule has 0 aliphatic carbocycles. The highest BCUT2D eigenvalue weighted by Gasteiger charge is 2.35. The second kappa shape index (κ2) is 9.97. The standard InChI is InChI=1S/C25H27ClF3NO3.ClH/c1-15(31)23(32-21-13-20(26)12-18-14-24(2,3)33-22(18)21)30-9-7-16(8-10-30)17-5-4-6-19(11-17)25(27,28)29;/h4-7,11-13,15,23,31H,8-10,14H2,1-3H3;1H. The highest BCUT2D eigenvalue weighted by molar-refractivity contribution is 6.30. The van der Waals surface area contributed by atoms with Crippen LogP contribution in [0.3, 0.4) is 0 Å². The Morgan fingerprint density at radius 2 is 1.94 bits per heavy atom. The number of alkyl halides is 3. The third-order valence-electron chi connectivity index (χ3n) is 5.91. The summed E-state index contributed by atoms with van der Waals surface area (Å²) in [4.78, 5) is 1.95. The number of nitrogens with zero attached hydrogens (tertiary/aromatic N) is 1. The summed E-state index contributed by atoms with van der Waals surface area (Å²) in [5, 5.41) is 11.0. The smallest absolute Gasteiger partial charge is 0.416 e. The van der Waals surface area contributed by atoms with Gasteiger partial charge in [-0.25, -0.2) is 0 Å². The summed E-state index contributed by atoms with van der Waals surface area (Å²) in [5.74, 6) is 1.11. The third kappa shape index (κ3) is 5.82. The van der Waals surface area contributed by atoms with Crippen molar-refractivity contribution in [2.24, 2.45) is 0 Å². The van der Waals surface area contributed by atoms with E-state index in [-0.39, 0.29) is 18.0 Å². The van der Waals surface area contributed by atoms with Crippen LogP contribution in [0.15, 0.2) is 42.5 Å². The van der Waals surface area contributed by atoms with Crippen LogP contribution in [0.25, 0.3) is 5.57 Å². The maximum absolute atomic E-state index is 13.1. The molecule has 1 N–H and O–H groups in total. The first kappa shape index (κ1) is 26.7. The molecule has 0 saturated heterocycles. The Kier molecular flexibility index (Phi) is 7.82. The molecule has 2 aliphatic rings. The van der Waals surface area contributed by atoms with E-state index in [9.17, 15) is 18.3 Å². The first-order valence-electron chi connectivity index (χ1n) is 10.9. The van der Waals surface area contributed by atoms with E-state index in [4.69, 9.17) is 21.1 Å². The van der Waals surface area contributed by atoms with Crippen LogP contribution in [-0.4, -0.2) is 41.0 Å². The molecule has 2 aliphatic heterocycles. The van der Waals surface area contributed by atoms with E-state index < -0.39 is 24.1 Å². The molecule has 2 aromatic carbocycles. The Morgan fingerprint density at radius 3 is 2.56 bits per heavy atom. The van der Waals surface area contributed by atoms with Gasteiger partial charge >= 0.3 is 6.18 Å². The van der Waals surface area contributed by atoms with Crippen LogP contribution in [0, 0.1) is 0 Å². The zero-order chi connectivity index (χ0) is 24.0. The van der Waals surface area contributed by atoms with E-state index in [1.54, 1.807) is 19.1 Å². The fourth-order valence-corrected chi connectivity index (χ4v) is 4.64. The van der Waals surface area contributed by atoms with Crippen LogP contribution in [0.2, 0.25) is 5.02 Å². The average molecular weight is 518 g/mol. The molecule has 2 atom stereocenters. The van der Waals surface area contributed by atoms with Crippen LogP contribution < -0.4 is 9.47 Å². The van der Waals surface area contributed by atoms with E-state index in [1.165, 1.54) is 12.1 Å². The van der Waals surface area contributed by atoms with Crippen molar-refractivity contribution in [1.82, 2.24) is 4.90 Å². The van der Waals surface area contributed by atoms with Crippen LogP contribution in [-0.2, 0) is 12.6 Å². The number of halogens is 5. The third-order valence-corrected chi connectivity index (χ3v) is 6.13. The van der Waals surface area contributed by atoms with Gasteiger partial charge in [-0.05, 0) is 56.5 Å². The first-order chi connectivity index (χ1) is 15.4. The van der Waals surface area contributed by atoms with Crippen molar-refractivity contribution in [3.05, 3.63) is 64.2 Å². The number of aliphatic hydroxyl groups excluding tert-OH is 1. The molecule has 2 aromatic rings. The van der Waals surface area contributed by atoms with Crippen LogP contribution in [0.4, 0.5) is 13.2 Å². The molecule has 0 fully saturated rings. The zero-order valence-electron chi connectivity index (χ0n) is 19.2. The number of hydrogen-bond acceptors (Lipinski definition) is 4. The molecule has 2 unspecified atom stereocenters. The molecule has 0 radical (unpaired) electrons. The second-order valence-corrected chi connectivity index (χ2v) is 9.67. The Morgan fingerprint density at radius 1 is 1.21 bits per heavy atom. The quantitative estimate of drug-likeness (QED) is 0.500. The zero-order valence-corrected chi connectivity index (χ0v) is 20.7. The van der Waals surface area contributed by atoms with Gasteiger partial charge < -0.3 is 14.6 Å². The predicted octanol–water partition coefficient (Wildman–Crippen LogP) is 6.37. The number of ether oxygens (including phenoxy) is 2. The predicted molar refractivity (Wildman–Crippen MR) is 129 cm³/mol. The maximum atomic E-state index is 13.1. The van der Waals surface area contributed by atoms with Gasteiger partial charge in [0.2, 0.25) is 0 Å². The Balaban J connectivity index is 0.00000324. The first-order valence-corrected chi connectivity index (χ1v) is 11.3. The van der Waals surface area contributed by atoms with Gasteiger partial charge in [0.1, 0.15) is 11.7 Å². The van der Waals surface area contributed by atoms with Crippen LogP contribution in [0.1, 0.15) is 43.9 Å². The fraction of sp³-hybridized carbons (Fsp3) is 0.440. The molecule has 4 nitrogen and oxygen atoms in total. The summed E-state index contributed by atoms with van der Waals surface area (Å²) in [7, 11) is 0. The molecule has 0 saturated carbocycles. The Labute approximate surface area is 208 Å². The van der Waals surface area contributed by atoms with Crippen molar-refractivity contribution in [2.75, 3.05) is 13.1 Å². The lowest BCUT2D eigenvalue weighted by Gasteiger charge is -2.36. The van der Waals surface area contributed by atoms with Crippen molar-refractivity contribution in [2.45, 2.75) is 57.7 Å². The van der Waals surface area contributed by atoms with Crippen molar-refractivity contribution in [3.8, 4) is 11.5 Å². The molecule has 4 rings (SSSR count). The minimum absolute atomic E-state index is 0. The highest BCUT2D eigenvalue weighted by atomic mass is 35.5. The topological polar surface area (TPSA) is 41.9 Å². The summed E-state index contributed by atoms with van der Waals surface area (Å²) >= 11 is 6.30. The Bertz CT molecular complexity index is 1070. The van der Waals surface area contributed by atoms with Crippen LogP contribution >= 0.6 is 24.0 Å². The van der Waals surface area contributed by atoms with Crippen molar-refractivity contribution in [3.63, 3.8) is 0 Å². The average Bonchev–Trinajstić information content (AvgIpc) is 3.05. The SMILES string of the molecule is CC(O)C(Oc1cc(Cl)cc2c1OC(C)(C)C2)N1CC=C(c2cccc(C(F)(F)F)c2)CC1.Cl. The summed E-state index contributed by atoms with van der Waals surface area (Å²) in [6.07, 6.45) is -2.75. The van der Waals surface area contributed by atoms with Gasteiger partial charge in [-0.3, -0.25) is 4.90 Å². The van der Waals surface area contributed by atoms with E-state index >= 15 is 0 Å². The molecule has 9 heteroatoms. The summed E-state index contributed by atoms with van der Waals surface area (Å²) in [6.45, 7) is 6.57. The molecular weight excluding hydrogens is 490 g/mol.